The minimum absolute atomic E-state index is 0.102. The summed E-state index contributed by atoms with van der Waals surface area (Å²) in [5, 5.41) is 2.72. The highest BCUT2D eigenvalue weighted by molar-refractivity contribution is 5.96. The number of rotatable bonds is 10. The van der Waals surface area contributed by atoms with Crippen LogP contribution in [0.4, 0.5) is 4.39 Å². The van der Waals surface area contributed by atoms with Gasteiger partial charge in [-0.2, -0.15) is 0 Å². The molecule has 0 bridgehead atoms. The monoisotopic (exact) mass is 434 g/mol. The lowest BCUT2D eigenvalue weighted by atomic mass is 10.0. The van der Waals surface area contributed by atoms with Gasteiger partial charge in [0.15, 0.2) is 18.1 Å². The first-order valence-electron chi connectivity index (χ1n) is 9.09. The van der Waals surface area contributed by atoms with Crippen LogP contribution in [0.1, 0.15) is 28.4 Å². The van der Waals surface area contributed by atoms with Crippen LogP contribution in [0, 0.1) is 5.82 Å². The number of carbonyl (C=O) groups excluding carboxylic acids is 3. The van der Waals surface area contributed by atoms with Gasteiger partial charge in [-0.05, 0) is 29.8 Å². The molecule has 2 aromatic carbocycles. The van der Waals surface area contributed by atoms with E-state index in [-0.39, 0.29) is 29.2 Å². The molecule has 0 aliphatic heterocycles. The number of nitrogens with two attached hydrogens (primary N) is 1. The number of methoxy groups -OCH3 is 3. The van der Waals surface area contributed by atoms with Gasteiger partial charge >= 0.3 is 5.97 Å². The lowest BCUT2D eigenvalue weighted by Crippen LogP contribution is -2.30. The van der Waals surface area contributed by atoms with Crippen LogP contribution in [0.25, 0.3) is 0 Å². The number of amides is 2. The van der Waals surface area contributed by atoms with Crippen molar-refractivity contribution in [2.75, 3.05) is 27.9 Å². The SMILES string of the molecule is COC(=O)CC(NC(=O)c1cc(OC)c(OCC(N)=O)c(OC)c1)c1ccc(F)cc1. The first-order chi connectivity index (χ1) is 14.8. The molecule has 10 heteroatoms. The Hall–Kier alpha value is -3.82. The summed E-state index contributed by atoms with van der Waals surface area (Å²) in [5.41, 5.74) is 5.75. The lowest BCUT2D eigenvalue weighted by molar-refractivity contribution is -0.141. The number of hydrogen-bond donors (Lipinski definition) is 2. The predicted octanol–water partition coefficient (Wildman–Crippen LogP) is 1.74. The van der Waals surface area contributed by atoms with E-state index in [4.69, 9.17) is 19.9 Å². The van der Waals surface area contributed by atoms with Gasteiger partial charge in [0.1, 0.15) is 5.82 Å². The van der Waals surface area contributed by atoms with Crippen molar-refractivity contribution in [1.82, 2.24) is 5.32 Å². The van der Waals surface area contributed by atoms with Crippen molar-refractivity contribution >= 4 is 17.8 Å². The van der Waals surface area contributed by atoms with Crippen LogP contribution in [-0.4, -0.2) is 45.7 Å². The molecule has 0 aliphatic carbocycles. The van der Waals surface area contributed by atoms with E-state index < -0.39 is 36.2 Å². The van der Waals surface area contributed by atoms with E-state index in [1.165, 1.54) is 57.7 Å². The van der Waals surface area contributed by atoms with Gasteiger partial charge in [0.05, 0.1) is 33.8 Å². The second kappa shape index (κ2) is 10.8. The first kappa shape index (κ1) is 23.5. The van der Waals surface area contributed by atoms with Gasteiger partial charge < -0.3 is 30.0 Å². The van der Waals surface area contributed by atoms with Crippen LogP contribution in [0.3, 0.4) is 0 Å². The van der Waals surface area contributed by atoms with Gasteiger partial charge in [0.25, 0.3) is 11.8 Å². The summed E-state index contributed by atoms with van der Waals surface area (Å²) < 4.78 is 33.8. The van der Waals surface area contributed by atoms with E-state index in [9.17, 15) is 18.8 Å². The van der Waals surface area contributed by atoms with E-state index >= 15 is 0 Å². The summed E-state index contributed by atoms with van der Waals surface area (Å²) in [6.45, 7) is -0.413. The van der Waals surface area contributed by atoms with Crippen molar-refractivity contribution in [3.63, 3.8) is 0 Å². The normalized spacial score (nSPS) is 11.2. The predicted molar refractivity (Wildman–Crippen MR) is 107 cm³/mol. The van der Waals surface area contributed by atoms with E-state index in [0.717, 1.165) is 0 Å². The van der Waals surface area contributed by atoms with E-state index in [1.54, 1.807) is 0 Å². The third kappa shape index (κ3) is 6.33. The quantitative estimate of drug-likeness (QED) is 0.546. The van der Waals surface area contributed by atoms with E-state index in [0.29, 0.717) is 5.56 Å². The minimum Gasteiger partial charge on any atom is -0.493 e. The summed E-state index contributed by atoms with van der Waals surface area (Å²) in [7, 11) is 3.94. The fourth-order valence-electron chi connectivity index (χ4n) is 2.74. The Morgan fingerprint density at radius 1 is 1.03 bits per heavy atom. The molecule has 1 unspecified atom stereocenters. The Kier molecular flexibility index (Phi) is 8.18. The van der Waals surface area contributed by atoms with Gasteiger partial charge in [0.2, 0.25) is 5.75 Å². The minimum atomic E-state index is -0.775. The summed E-state index contributed by atoms with van der Waals surface area (Å²) in [6, 6.07) is 7.37. The summed E-state index contributed by atoms with van der Waals surface area (Å²) in [6.07, 6.45) is -0.165. The van der Waals surface area contributed by atoms with Crippen molar-refractivity contribution in [3.05, 3.63) is 53.3 Å². The molecule has 1 atom stereocenters. The number of carbonyl (C=O) groups is 3. The molecular weight excluding hydrogens is 411 g/mol. The second-order valence-corrected chi connectivity index (χ2v) is 6.32. The second-order valence-electron chi connectivity index (χ2n) is 6.32. The standard InChI is InChI=1S/C21H23FN2O7/c1-28-16-8-13(9-17(29-2)20(16)31-11-18(23)25)21(27)24-15(10-19(26)30-3)12-4-6-14(22)7-5-12/h4-9,15H,10-11H2,1-3H3,(H2,23,25)(H,24,27). The van der Waals surface area contributed by atoms with Crippen molar-refractivity contribution in [2.24, 2.45) is 5.73 Å². The highest BCUT2D eigenvalue weighted by atomic mass is 19.1. The van der Waals surface area contributed by atoms with Crippen molar-refractivity contribution in [2.45, 2.75) is 12.5 Å². The number of benzene rings is 2. The molecule has 9 nitrogen and oxygen atoms in total. The van der Waals surface area contributed by atoms with Crippen molar-refractivity contribution < 1.29 is 37.7 Å². The summed E-state index contributed by atoms with van der Waals surface area (Å²) in [4.78, 5) is 35.8. The molecule has 0 heterocycles. The lowest BCUT2D eigenvalue weighted by Gasteiger charge is -2.20. The fraction of sp³-hybridized carbons (Fsp3) is 0.286. The molecule has 0 spiro atoms. The number of nitrogens with one attached hydrogen (secondary N) is 1. The maximum atomic E-state index is 13.3. The Bertz CT molecular complexity index is 922. The zero-order valence-electron chi connectivity index (χ0n) is 17.3. The Labute approximate surface area is 178 Å². The molecule has 0 aromatic heterocycles. The van der Waals surface area contributed by atoms with Crippen LogP contribution < -0.4 is 25.3 Å². The molecule has 0 saturated heterocycles. The Morgan fingerprint density at radius 2 is 1.61 bits per heavy atom. The van der Waals surface area contributed by atoms with E-state index in [2.05, 4.69) is 10.1 Å². The van der Waals surface area contributed by atoms with E-state index in [1.807, 2.05) is 0 Å². The molecule has 0 saturated carbocycles. The number of esters is 1. The van der Waals surface area contributed by atoms with Crippen molar-refractivity contribution in [3.8, 4) is 17.2 Å². The maximum Gasteiger partial charge on any atom is 0.307 e. The third-order valence-electron chi connectivity index (χ3n) is 4.26. The number of hydrogen-bond acceptors (Lipinski definition) is 7. The van der Waals surface area contributed by atoms with Crippen LogP contribution in [0.2, 0.25) is 0 Å². The van der Waals surface area contributed by atoms with Crippen LogP contribution >= 0.6 is 0 Å². The average Bonchev–Trinajstić information content (AvgIpc) is 2.76. The fourth-order valence-corrected chi connectivity index (χ4v) is 2.74. The molecule has 31 heavy (non-hydrogen) atoms. The topological polar surface area (TPSA) is 126 Å². The molecule has 166 valence electrons. The van der Waals surface area contributed by atoms with Crippen molar-refractivity contribution in [1.29, 1.82) is 0 Å². The summed E-state index contributed by atoms with van der Waals surface area (Å²) in [5.74, 6) is -1.89. The smallest absolute Gasteiger partial charge is 0.307 e. The first-order valence-corrected chi connectivity index (χ1v) is 9.09. The van der Waals surface area contributed by atoms with Gasteiger partial charge in [0, 0.05) is 5.56 Å². The molecule has 3 N–H and O–H groups in total. The Morgan fingerprint density at radius 3 is 2.10 bits per heavy atom. The molecule has 2 rings (SSSR count). The molecular formula is C21H23FN2O7. The third-order valence-corrected chi connectivity index (χ3v) is 4.26. The maximum absolute atomic E-state index is 13.3. The van der Waals surface area contributed by atoms with Gasteiger partial charge in [-0.3, -0.25) is 14.4 Å². The zero-order chi connectivity index (χ0) is 23.0. The highest BCUT2D eigenvalue weighted by Gasteiger charge is 2.23. The molecule has 0 aliphatic rings. The number of ether oxygens (including phenoxy) is 4. The van der Waals surface area contributed by atoms with Gasteiger partial charge in [-0.15, -0.1) is 0 Å². The molecule has 2 aromatic rings. The van der Waals surface area contributed by atoms with Gasteiger partial charge in [-0.25, -0.2) is 4.39 Å². The van der Waals surface area contributed by atoms with Crippen LogP contribution in [-0.2, 0) is 14.3 Å². The molecule has 0 fully saturated rings. The molecule has 0 radical (unpaired) electrons. The number of primary amides is 1. The largest absolute Gasteiger partial charge is 0.493 e. The summed E-state index contributed by atoms with van der Waals surface area (Å²) >= 11 is 0. The van der Waals surface area contributed by atoms with Crippen LogP contribution in [0.5, 0.6) is 17.2 Å². The number of halogens is 1. The molecule has 2 amide bonds. The van der Waals surface area contributed by atoms with Gasteiger partial charge in [-0.1, -0.05) is 12.1 Å². The van der Waals surface area contributed by atoms with Crippen LogP contribution in [0.15, 0.2) is 36.4 Å². The zero-order valence-corrected chi connectivity index (χ0v) is 17.3. The average molecular weight is 434 g/mol. The Balaban J connectivity index is 2.34. The highest BCUT2D eigenvalue weighted by Crippen LogP contribution is 2.38.